The van der Waals surface area contributed by atoms with E-state index in [0.29, 0.717) is 64.5 Å². The fraction of sp³-hybridized carbons (Fsp3) is 0.370. The van der Waals surface area contributed by atoms with Gasteiger partial charge in [-0.1, -0.05) is 42.5 Å². The van der Waals surface area contributed by atoms with Crippen molar-refractivity contribution < 1.29 is 14.3 Å². The van der Waals surface area contributed by atoms with Crippen LogP contribution in [0.2, 0.25) is 0 Å². The maximum Gasteiger partial charge on any atom is 0.254 e. The summed E-state index contributed by atoms with van der Waals surface area (Å²) in [6.45, 7) is 7.06. The molecular weight excluding hydrogens is 428 g/mol. The number of hydrogen-bond acceptors (Lipinski definition) is 5. The second-order valence-electron chi connectivity index (χ2n) is 8.92. The van der Waals surface area contributed by atoms with E-state index in [1.165, 1.54) is 0 Å². The van der Waals surface area contributed by atoms with E-state index in [2.05, 4.69) is 4.90 Å². The van der Waals surface area contributed by atoms with Gasteiger partial charge in [0.2, 0.25) is 5.91 Å². The molecule has 34 heavy (non-hydrogen) atoms. The average Bonchev–Trinajstić information content (AvgIpc) is 2.89. The second kappa shape index (κ2) is 9.81. The van der Waals surface area contributed by atoms with Crippen molar-refractivity contribution in [2.75, 3.05) is 57.4 Å². The summed E-state index contributed by atoms with van der Waals surface area (Å²) in [5.74, 6) is 0.972. The third-order valence-electron chi connectivity index (χ3n) is 6.79. The summed E-state index contributed by atoms with van der Waals surface area (Å²) in [4.78, 5) is 37.1. The van der Waals surface area contributed by atoms with Crippen molar-refractivity contribution in [2.24, 2.45) is 0 Å². The molecule has 2 saturated heterocycles. The van der Waals surface area contributed by atoms with Crippen LogP contribution in [0.4, 0.5) is 5.82 Å². The Hall–Kier alpha value is -3.45. The third kappa shape index (κ3) is 4.61. The quantitative estimate of drug-likeness (QED) is 0.602. The molecule has 1 aromatic heterocycles. The SMILES string of the molecule is Cc1ccccc1CC(=O)N1CCN(c2cc(C(=O)N3CCOCC3)c3ccccc3n2)CC1. The first kappa shape index (κ1) is 22.3. The van der Waals surface area contributed by atoms with Gasteiger partial charge in [-0.3, -0.25) is 9.59 Å². The summed E-state index contributed by atoms with van der Waals surface area (Å²) in [5.41, 5.74) is 3.72. The number of piperazine rings is 1. The molecule has 7 heteroatoms. The zero-order chi connectivity index (χ0) is 23.5. The van der Waals surface area contributed by atoms with E-state index < -0.39 is 0 Å². The Balaban J connectivity index is 1.32. The first-order valence-electron chi connectivity index (χ1n) is 11.9. The van der Waals surface area contributed by atoms with Crippen molar-refractivity contribution in [2.45, 2.75) is 13.3 Å². The highest BCUT2D eigenvalue weighted by Gasteiger charge is 2.25. The number of fused-ring (bicyclic) bond motifs is 1. The van der Waals surface area contributed by atoms with Gasteiger partial charge < -0.3 is 19.4 Å². The third-order valence-corrected chi connectivity index (χ3v) is 6.79. The van der Waals surface area contributed by atoms with Crippen molar-refractivity contribution >= 4 is 28.5 Å². The lowest BCUT2D eigenvalue weighted by molar-refractivity contribution is -0.130. The minimum absolute atomic E-state index is 0.0233. The smallest absolute Gasteiger partial charge is 0.254 e. The lowest BCUT2D eigenvalue weighted by Gasteiger charge is -2.36. The van der Waals surface area contributed by atoms with Crippen LogP contribution in [0.25, 0.3) is 10.9 Å². The zero-order valence-electron chi connectivity index (χ0n) is 19.6. The van der Waals surface area contributed by atoms with Crippen LogP contribution in [0.1, 0.15) is 21.5 Å². The number of aryl methyl sites for hydroxylation is 1. The molecule has 3 heterocycles. The van der Waals surface area contributed by atoms with Crippen LogP contribution in [-0.4, -0.2) is 79.1 Å². The Kier molecular flexibility index (Phi) is 6.45. The molecule has 0 saturated carbocycles. The lowest BCUT2D eigenvalue weighted by atomic mass is 10.0. The molecule has 3 aromatic rings. The average molecular weight is 459 g/mol. The molecule has 0 N–H and O–H groups in total. The van der Waals surface area contributed by atoms with Crippen LogP contribution in [-0.2, 0) is 16.0 Å². The second-order valence-corrected chi connectivity index (χ2v) is 8.92. The summed E-state index contributed by atoms with van der Waals surface area (Å²) < 4.78 is 5.42. The number of amides is 2. The van der Waals surface area contributed by atoms with Crippen molar-refractivity contribution in [1.29, 1.82) is 0 Å². The highest BCUT2D eigenvalue weighted by molar-refractivity contribution is 6.07. The van der Waals surface area contributed by atoms with Gasteiger partial charge in [0.15, 0.2) is 0 Å². The highest BCUT2D eigenvalue weighted by atomic mass is 16.5. The summed E-state index contributed by atoms with van der Waals surface area (Å²) in [7, 11) is 0. The van der Waals surface area contributed by atoms with Crippen LogP contribution < -0.4 is 4.90 Å². The summed E-state index contributed by atoms with van der Waals surface area (Å²) in [5, 5.41) is 0.870. The maximum atomic E-state index is 13.4. The topological polar surface area (TPSA) is 66.0 Å². The summed E-state index contributed by atoms with van der Waals surface area (Å²) in [6.07, 6.45) is 0.430. The number of hydrogen-bond donors (Lipinski definition) is 0. The molecule has 0 unspecified atom stereocenters. The normalized spacial score (nSPS) is 16.7. The number of aromatic nitrogens is 1. The van der Waals surface area contributed by atoms with Gasteiger partial charge in [0.25, 0.3) is 5.91 Å². The molecule has 2 aliphatic heterocycles. The fourth-order valence-corrected chi connectivity index (χ4v) is 4.71. The number of nitrogens with zero attached hydrogens (tertiary/aromatic N) is 4. The van der Waals surface area contributed by atoms with Gasteiger partial charge in [0.05, 0.1) is 30.7 Å². The Morgan fingerprint density at radius 3 is 2.35 bits per heavy atom. The molecule has 5 rings (SSSR count). The number of morpholine rings is 1. The molecule has 0 bridgehead atoms. The number of carbonyl (C=O) groups is 2. The predicted molar refractivity (Wildman–Crippen MR) is 132 cm³/mol. The molecule has 2 fully saturated rings. The Bertz CT molecular complexity index is 1200. The molecule has 0 atom stereocenters. The van der Waals surface area contributed by atoms with Gasteiger partial charge in [0, 0.05) is 44.7 Å². The predicted octanol–water partition coefficient (Wildman–Crippen LogP) is 2.91. The lowest BCUT2D eigenvalue weighted by Crippen LogP contribution is -2.49. The number of pyridine rings is 1. The summed E-state index contributed by atoms with van der Waals surface area (Å²) in [6, 6.07) is 17.8. The number of ether oxygens (including phenoxy) is 1. The van der Waals surface area contributed by atoms with Crippen LogP contribution in [0.3, 0.4) is 0 Å². The zero-order valence-corrected chi connectivity index (χ0v) is 19.6. The van der Waals surface area contributed by atoms with E-state index in [1.54, 1.807) is 0 Å². The largest absolute Gasteiger partial charge is 0.378 e. The van der Waals surface area contributed by atoms with Crippen molar-refractivity contribution in [3.8, 4) is 0 Å². The first-order chi connectivity index (χ1) is 16.6. The number of para-hydroxylation sites is 1. The molecule has 7 nitrogen and oxygen atoms in total. The van der Waals surface area contributed by atoms with Crippen LogP contribution >= 0.6 is 0 Å². The Morgan fingerprint density at radius 2 is 1.59 bits per heavy atom. The van der Waals surface area contributed by atoms with Gasteiger partial charge >= 0.3 is 0 Å². The minimum atomic E-state index is 0.0233. The molecule has 0 aliphatic carbocycles. The number of carbonyl (C=O) groups excluding carboxylic acids is 2. The molecule has 2 amide bonds. The standard InChI is InChI=1S/C27H30N4O3/c1-20-6-2-3-7-21(20)18-26(32)30-12-10-29(11-13-30)25-19-23(22-8-4-5-9-24(22)28-25)27(33)31-14-16-34-17-15-31/h2-9,19H,10-18H2,1H3. The first-order valence-corrected chi connectivity index (χ1v) is 11.9. The van der Waals surface area contributed by atoms with Gasteiger partial charge in [-0.25, -0.2) is 4.98 Å². The molecule has 2 aromatic carbocycles. The van der Waals surface area contributed by atoms with E-state index >= 15 is 0 Å². The van der Waals surface area contributed by atoms with Gasteiger partial charge in [0.1, 0.15) is 5.82 Å². The van der Waals surface area contributed by atoms with Crippen molar-refractivity contribution in [3.05, 3.63) is 71.3 Å². The summed E-state index contributed by atoms with van der Waals surface area (Å²) >= 11 is 0. The highest BCUT2D eigenvalue weighted by Crippen LogP contribution is 2.25. The number of rotatable bonds is 4. The molecule has 0 radical (unpaired) electrons. The van der Waals surface area contributed by atoms with Gasteiger partial charge in [-0.2, -0.15) is 0 Å². The van der Waals surface area contributed by atoms with Crippen LogP contribution in [0.5, 0.6) is 0 Å². The van der Waals surface area contributed by atoms with E-state index in [-0.39, 0.29) is 11.8 Å². The minimum Gasteiger partial charge on any atom is -0.378 e. The van der Waals surface area contributed by atoms with E-state index in [0.717, 1.165) is 27.8 Å². The monoisotopic (exact) mass is 458 g/mol. The van der Waals surface area contributed by atoms with E-state index in [4.69, 9.17) is 9.72 Å². The maximum absolute atomic E-state index is 13.4. The molecule has 2 aliphatic rings. The van der Waals surface area contributed by atoms with Crippen LogP contribution in [0, 0.1) is 6.92 Å². The Labute approximate surface area is 199 Å². The van der Waals surface area contributed by atoms with Crippen molar-refractivity contribution in [3.63, 3.8) is 0 Å². The van der Waals surface area contributed by atoms with E-state index in [9.17, 15) is 9.59 Å². The van der Waals surface area contributed by atoms with Crippen LogP contribution in [0.15, 0.2) is 54.6 Å². The molecule has 176 valence electrons. The van der Waals surface area contributed by atoms with Gasteiger partial charge in [-0.05, 0) is 30.2 Å². The van der Waals surface area contributed by atoms with Crippen molar-refractivity contribution in [1.82, 2.24) is 14.8 Å². The fourth-order valence-electron chi connectivity index (χ4n) is 4.71. The Morgan fingerprint density at radius 1 is 0.882 bits per heavy atom. The van der Waals surface area contributed by atoms with Gasteiger partial charge in [-0.15, -0.1) is 0 Å². The molecule has 0 spiro atoms. The van der Waals surface area contributed by atoms with E-state index in [1.807, 2.05) is 71.3 Å². The molecular formula is C27H30N4O3. The number of benzene rings is 2. The number of anilines is 1.